The Kier molecular flexibility index (Phi) is 11.6. The highest BCUT2D eigenvalue weighted by Crippen LogP contribution is 2.49. The number of carboxylic acids is 2. The van der Waals surface area contributed by atoms with Gasteiger partial charge in [0.2, 0.25) is 5.69 Å². The highest BCUT2D eigenvalue weighted by molar-refractivity contribution is 7.60. The second kappa shape index (κ2) is 14.9. The van der Waals surface area contributed by atoms with Gasteiger partial charge in [0, 0.05) is 60.3 Å². The molecule has 0 saturated carbocycles. The molecule has 49 heavy (non-hydrogen) atoms. The number of carboxylic acid groups (broad SMARTS) is 2. The van der Waals surface area contributed by atoms with Gasteiger partial charge in [-0.3, -0.25) is 18.7 Å². The van der Waals surface area contributed by atoms with E-state index in [0.29, 0.717) is 51.6 Å². The molecule has 2 aromatic rings. The maximum atomic E-state index is 12.2. The Morgan fingerprint density at radius 2 is 1.31 bits per heavy atom. The molecule has 0 unspecified atom stereocenters. The normalized spacial score (nSPS) is 17.6. The van der Waals surface area contributed by atoms with E-state index in [9.17, 15) is 38.3 Å². The molecule has 0 aromatic heterocycles. The maximum absolute atomic E-state index is 12.2. The van der Waals surface area contributed by atoms with E-state index in [1.807, 2.05) is 45.9 Å². The first-order valence-electron chi connectivity index (χ1n) is 16.4. The minimum Gasteiger partial charge on any atom is -0.481 e. The Morgan fingerprint density at radius 1 is 0.755 bits per heavy atom. The Balaban J connectivity index is 1.74. The SMILES string of the molecule is CC1(C)C(/C=C/C=C2/N(CCCCCC(=O)O)c3ccc(P(=O)(O)O)cc3C2(C)C)=[N+](CCCCCC(=O)O)c2ccc(P(=O)(O)O)cc21. The number of hydrogen-bond acceptors (Lipinski definition) is 5. The van der Waals surface area contributed by atoms with E-state index in [4.69, 9.17) is 10.2 Å². The van der Waals surface area contributed by atoms with Crippen LogP contribution in [0.2, 0.25) is 0 Å². The fourth-order valence-electron chi connectivity index (χ4n) is 6.85. The van der Waals surface area contributed by atoms with Crippen LogP contribution in [0.5, 0.6) is 0 Å². The van der Waals surface area contributed by atoms with Crippen molar-refractivity contribution in [1.82, 2.24) is 0 Å². The topological polar surface area (TPSA) is 196 Å². The van der Waals surface area contributed by atoms with Crippen LogP contribution in [-0.2, 0) is 29.5 Å². The maximum Gasteiger partial charge on any atom is 0.356 e. The number of carbonyl (C=O) groups is 2. The molecule has 0 saturated heterocycles. The molecule has 14 heteroatoms. The molecule has 2 aliphatic rings. The second-order valence-corrected chi connectivity index (χ2v) is 17.0. The van der Waals surface area contributed by atoms with Gasteiger partial charge in [-0.05, 0) is 81.5 Å². The molecule has 266 valence electrons. The largest absolute Gasteiger partial charge is 0.481 e. The third-order valence-electron chi connectivity index (χ3n) is 9.48. The molecule has 0 fully saturated rings. The Hall–Kier alpha value is -3.37. The van der Waals surface area contributed by atoms with Crippen molar-refractivity contribution in [2.24, 2.45) is 0 Å². The summed E-state index contributed by atoms with van der Waals surface area (Å²) in [6, 6.07) is 9.47. The highest BCUT2D eigenvalue weighted by atomic mass is 31.2. The summed E-state index contributed by atoms with van der Waals surface area (Å²) in [5.74, 6) is -1.69. The Bertz CT molecular complexity index is 1800. The third kappa shape index (κ3) is 8.69. The summed E-state index contributed by atoms with van der Waals surface area (Å²) in [6.45, 7) is 9.13. The molecular formula is C35H47N2O10P2+. The number of fused-ring (bicyclic) bond motifs is 2. The standard InChI is InChI=1S/C35H46N2O10P2/c1-34(2)26-22-24(48(42,43)44)16-18-28(26)36(20-9-5-7-14-32(38)39)30(34)12-11-13-31-35(3,4)27-23-25(49(45,46)47)17-19-29(27)37(31)21-10-6-8-15-33(40)41/h11-13,16-19,22-23H,5-10,14-15,20-21H2,1-4H3,(H5-,38,39,40,41,42,43,44,45,46,47)/p+1. The van der Waals surface area contributed by atoms with Crippen molar-refractivity contribution >= 4 is 54.8 Å². The summed E-state index contributed by atoms with van der Waals surface area (Å²) >= 11 is 0. The monoisotopic (exact) mass is 717 g/mol. The van der Waals surface area contributed by atoms with Crippen molar-refractivity contribution in [1.29, 1.82) is 0 Å². The lowest BCUT2D eigenvalue weighted by molar-refractivity contribution is -0.438. The van der Waals surface area contributed by atoms with Gasteiger partial charge in [-0.15, -0.1) is 0 Å². The minimum atomic E-state index is -4.50. The number of rotatable bonds is 16. The number of benzene rings is 2. The van der Waals surface area contributed by atoms with Crippen molar-refractivity contribution in [2.75, 3.05) is 18.0 Å². The lowest BCUT2D eigenvalue weighted by Crippen LogP contribution is -2.28. The van der Waals surface area contributed by atoms with Crippen molar-refractivity contribution in [2.45, 2.75) is 89.9 Å². The van der Waals surface area contributed by atoms with Gasteiger partial charge in [-0.2, -0.15) is 4.58 Å². The first-order valence-corrected chi connectivity index (χ1v) is 19.6. The zero-order valence-corrected chi connectivity index (χ0v) is 30.2. The van der Waals surface area contributed by atoms with E-state index < -0.39 is 38.0 Å². The number of aliphatic carboxylic acids is 2. The number of nitrogens with zero attached hydrogens (tertiary/aromatic N) is 2. The molecule has 0 spiro atoms. The van der Waals surface area contributed by atoms with E-state index >= 15 is 0 Å². The lowest BCUT2D eigenvalue weighted by Gasteiger charge is -2.27. The van der Waals surface area contributed by atoms with Crippen LogP contribution in [0, 0.1) is 0 Å². The fraction of sp³-hybridized carbons (Fsp3) is 0.457. The van der Waals surface area contributed by atoms with Gasteiger partial charge in [0.25, 0.3) is 0 Å². The number of hydrogen-bond donors (Lipinski definition) is 6. The van der Waals surface area contributed by atoms with Gasteiger partial charge in [-0.25, -0.2) is 0 Å². The summed E-state index contributed by atoms with van der Waals surface area (Å²) in [7, 11) is -9.00. The van der Waals surface area contributed by atoms with E-state index in [1.54, 1.807) is 24.3 Å². The van der Waals surface area contributed by atoms with Crippen LogP contribution in [0.1, 0.15) is 90.2 Å². The molecule has 0 aliphatic carbocycles. The Labute approximate surface area is 286 Å². The van der Waals surface area contributed by atoms with Crippen LogP contribution in [0.4, 0.5) is 11.4 Å². The summed E-state index contributed by atoms with van der Waals surface area (Å²) in [6.07, 6.45) is 9.95. The smallest absolute Gasteiger partial charge is 0.356 e. The molecule has 2 aromatic carbocycles. The lowest BCUT2D eigenvalue weighted by atomic mass is 9.81. The average Bonchev–Trinajstić information content (AvgIpc) is 3.33. The van der Waals surface area contributed by atoms with Gasteiger partial charge >= 0.3 is 27.1 Å². The Morgan fingerprint density at radius 3 is 1.88 bits per heavy atom. The molecule has 2 aliphatic heterocycles. The van der Waals surface area contributed by atoms with Crippen molar-refractivity contribution in [3.05, 3.63) is 71.5 Å². The highest BCUT2D eigenvalue weighted by Gasteiger charge is 2.45. The fourth-order valence-corrected chi connectivity index (χ4v) is 7.98. The summed E-state index contributed by atoms with van der Waals surface area (Å²) < 4.78 is 26.4. The quantitative estimate of drug-likeness (QED) is 0.0759. The van der Waals surface area contributed by atoms with E-state index in [-0.39, 0.29) is 23.5 Å². The number of allylic oxidation sites excluding steroid dienone is 4. The average molecular weight is 718 g/mol. The van der Waals surface area contributed by atoms with Crippen LogP contribution in [-0.4, -0.2) is 65.1 Å². The first-order chi connectivity index (χ1) is 22.8. The van der Waals surface area contributed by atoms with E-state index in [1.165, 1.54) is 12.1 Å². The number of anilines is 1. The van der Waals surface area contributed by atoms with Crippen molar-refractivity contribution < 1.29 is 53.1 Å². The molecule has 0 bridgehead atoms. The molecule has 0 amide bonds. The van der Waals surface area contributed by atoms with Crippen LogP contribution >= 0.6 is 15.2 Å². The van der Waals surface area contributed by atoms with Crippen LogP contribution in [0.3, 0.4) is 0 Å². The molecule has 0 atom stereocenters. The summed E-state index contributed by atoms with van der Waals surface area (Å²) in [5.41, 5.74) is 3.74. The zero-order chi connectivity index (χ0) is 36.4. The van der Waals surface area contributed by atoms with Crippen molar-refractivity contribution in [3.63, 3.8) is 0 Å². The van der Waals surface area contributed by atoms with E-state index in [0.717, 1.165) is 33.9 Å². The summed E-state index contributed by atoms with van der Waals surface area (Å²) in [5, 5.41) is 18.0. The van der Waals surface area contributed by atoms with E-state index in [2.05, 4.69) is 9.48 Å². The van der Waals surface area contributed by atoms with Crippen LogP contribution in [0.25, 0.3) is 0 Å². The molecule has 2 heterocycles. The predicted molar refractivity (Wildman–Crippen MR) is 189 cm³/mol. The number of unbranched alkanes of at least 4 members (excludes halogenated alkanes) is 4. The van der Waals surface area contributed by atoms with Gasteiger partial charge in [0.1, 0.15) is 6.54 Å². The van der Waals surface area contributed by atoms with Gasteiger partial charge in [0.15, 0.2) is 5.71 Å². The molecule has 0 radical (unpaired) electrons. The molecule has 6 N–H and O–H groups in total. The van der Waals surface area contributed by atoms with Gasteiger partial charge < -0.3 is 34.7 Å². The molecule has 12 nitrogen and oxygen atoms in total. The van der Waals surface area contributed by atoms with Crippen molar-refractivity contribution in [3.8, 4) is 0 Å². The summed E-state index contributed by atoms with van der Waals surface area (Å²) in [4.78, 5) is 63.8. The van der Waals surface area contributed by atoms with Crippen LogP contribution in [0.15, 0.2) is 60.3 Å². The van der Waals surface area contributed by atoms with Crippen LogP contribution < -0.4 is 15.5 Å². The third-order valence-corrected chi connectivity index (χ3v) is 11.4. The van der Waals surface area contributed by atoms with Gasteiger partial charge in [-0.1, -0.05) is 26.3 Å². The molecule has 4 rings (SSSR count). The first kappa shape index (κ1) is 38.4. The minimum absolute atomic E-state index is 0.0628. The molecular weight excluding hydrogens is 670 g/mol. The predicted octanol–water partition coefficient (Wildman–Crippen LogP) is 5.20. The van der Waals surface area contributed by atoms with Gasteiger partial charge in [0.05, 0.1) is 16.0 Å². The zero-order valence-electron chi connectivity index (χ0n) is 28.4. The second-order valence-electron chi connectivity index (χ2n) is 13.7.